The minimum atomic E-state index is 0.813. The van der Waals surface area contributed by atoms with Crippen LogP contribution < -0.4 is 15.1 Å². The Morgan fingerprint density at radius 2 is 1.62 bits per heavy atom. The van der Waals surface area contributed by atoms with Gasteiger partial charge in [-0.1, -0.05) is 18.2 Å². The first-order valence-electron chi connectivity index (χ1n) is 8.84. The third-order valence-electron chi connectivity index (χ3n) is 4.52. The number of hydrogen-bond acceptors (Lipinski definition) is 6. The lowest BCUT2D eigenvalue weighted by Crippen LogP contribution is -2.47. The zero-order valence-electron chi connectivity index (χ0n) is 14.8. The van der Waals surface area contributed by atoms with Gasteiger partial charge in [-0.15, -0.1) is 0 Å². The molecule has 6 nitrogen and oxygen atoms in total. The minimum absolute atomic E-state index is 0.813. The molecule has 1 saturated heterocycles. The van der Waals surface area contributed by atoms with E-state index in [0.29, 0.717) is 0 Å². The van der Waals surface area contributed by atoms with Crippen LogP contribution in [0.3, 0.4) is 0 Å². The molecule has 132 valence electrons. The number of benzene rings is 1. The van der Waals surface area contributed by atoms with Gasteiger partial charge >= 0.3 is 0 Å². The predicted octanol–water partition coefficient (Wildman–Crippen LogP) is 3.25. The molecule has 26 heavy (non-hydrogen) atoms. The van der Waals surface area contributed by atoms with Crippen molar-refractivity contribution in [3.63, 3.8) is 0 Å². The summed E-state index contributed by atoms with van der Waals surface area (Å²) in [4.78, 5) is 17.9. The zero-order chi connectivity index (χ0) is 17.8. The molecule has 0 saturated carbocycles. The second-order valence-electron chi connectivity index (χ2n) is 6.42. The molecule has 1 aromatic carbocycles. The van der Waals surface area contributed by atoms with Gasteiger partial charge in [0.05, 0.1) is 0 Å². The molecule has 3 aromatic rings. The predicted molar refractivity (Wildman–Crippen MR) is 105 cm³/mol. The van der Waals surface area contributed by atoms with Crippen molar-refractivity contribution in [2.45, 2.75) is 6.92 Å². The number of aryl methyl sites for hydroxylation is 1. The Hall–Kier alpha value is -3.15. The second kappa shape index (κ2) is 7.39. The number of nitrogens with one attached hydrogen (secondary N) is 1. The molecule has 1 aliphatic heterocycles. The fourth-order valence-corrected chi connectivity index (χ4v) is 3.16. The highest BCUT2D eigenvalue weighted by Crippen LogP contribution is 2.21. The summed E-state index contributed by atoms with van der Waals surface area (Å²) in [5.41, 5.74) is 2.25. The van der Waals surface area contributed by atoms with E-state index in [1.54, 1.807) is 6.33 Å². The number of pyridine rings is 1. The standard InChI is InChI=1S/C20H22N6/c1-16-5-4-6-17(13-16)24-18-14-20(23-15-22-18)26-11-9-25(10-12-26)19-7-2-3-8-21-19/h2-8,13-15H,9-12H2,1H3,(H,22,23,24). The Morgan fingerprint density at radius 1 is 0.808 bits per heavy atom. The molecular formula is C20H22N6. The molecule has 2 aromatic heterocycles. The van der Waals surface area contributed by atoms with Crippen LogP contribution in [-0.2, 0) is 0 Å². The number of anilines is 4. The van der Waals surface area contributed by atoms with Crippen molar-refractivity contribution >= 4 is 23.1 Å². The van der Waals surface area contributed by atoms with Gasteiger partial charge in [-0.3, -0.25) is 0 Å². The highest BCUT2D eigenvalue weighted by atomic mass is 15.3. The number of aromatic nitrogens is 3. The van der Waals surface area contributed by atoms with Crippen molar-refractivity contribution in [1.82, 2.24) is 15.0 Å². The molecule has 1 N–H and O–H groups in total. The summed E-state index contributed by atoms with van der Waals surface area (Å²) < 4.78 is 0. The maximum absolute atomic E-state index is 4.46. The number of piperazine rings is 1. The Bertz CT molecular complexity index is 859. The third-order valence-corrected chi connectivity index (χ3v) is 4.52. The molecule has 0 radical (unpaired) electrons. The summed E-state index contributed by atoms with van der Waals surface area (Å²) in [5, 5.41) is 3.36. The third kappa shape index (κ3) is 3.74. The first-order chi connectivity index (χ1) is 12.8. The van der Waals surface area contributed by atoms with Crippen LogP contribution in [0.25, 0.3) is 0 Å². The molecule has 0 atom stereocenters. The number of rotatable bonds is 4. The van der Waals surface area contributed by atoms with Crippen molar-refractivity contribution in [2.75, 3.05) is 41.3 Å². The summed E-state index contributed by atoms with van der Waals surface area (Å²) in [6.45, 7) is 5.77. The van der Waals surface area contributed by atoms with Crippen LogP contribution in [0.4, 0.5) is 23.1 Å². The van der Waals surface area contributed by atoms with Crippen LogP contribution >= 0.6 is 0 Å². The minimum Gasteiger partial charge on any atom is -0.353 e. The summed E-state index contributed by atoms with van der Waals surface area (Å²) in [6.07, 6.45) is 3.47. The fourth-order valence-electron chi connectivity index (χ4n) is 3.16. The monoisotopic (exact) mass is 346 g/mol. The lowest BCUT2D eigenvalue weighted by Gasteiger charge is -2.36. The van der Waals surface area contributed by atoms with Gasteiger partial charge in [-0.25, -0.2) is 15.0 Å². The average Bonchev–Trinajstić information content (AvgIpc) is 2.69. The van der Waals surface area contributed by atoms with E-state index in [-0.39, 0.29) is 0 Å². The van der Waals surface area contributed by atoms with Gasteiger partial charge in [-0.2, -0.15) is 0 Å². The molecule has 0 spiro atoms. The second-order valence-corrected chi connectivity index (χ2v) is 6.42. The van der Waals surface area contributed by atoms with Gasteiger partial charge < -0.3 is 15.1 Å². The van der Waals surface area contributed by atoms with Crippen LogP contribution in [0.5, 0.6) is 0 Å². The largest absolute Gasteiger partial charge is 0.353 e. The molecule has 6 heteroatoms. The van der Waals surface area contributed by atoms with Crippen molar-refractivity contribution in [3.8, 4) is 0 Å². The van der Waals surface area contributed by atoms with Crippen molar-refractivity contribution in [3.05, 3.63) is 66.6 Å². The van der Waals surface area contributed by atoms with E-state index >= 15 is 0 Å². The van der Waals surface area contributed by atoms with Crippen LogP contribution in [0.1, 0.15) is 5.56 Å². The van der Waals surface area contributed by atoms with E-state index < -0.39 is 0 Å². The van der Waals surface area contributed by atoms with E-state index in [1.807, 2.05) is 36.5 Å². The maximum Gasteiger partial charge on any atom is 0.135 e. The lowest BCUT2D eigenvalue weighted by molar-refractivity contribution is 0.641. The quantitative estimate of drug-likeness (QED) is 0.783. The smallest absolute Gasteiger partial charge is 0.135 e. The number of hydrogen-bond donors (Lipinski definition) is 1. The number of nitrogens with zero attached hydrogens (tertiary/aromatic N) is 5. The highest BCUT2D eigenvalue weighted by Gasteiger charge is 2.19. The Labute approximate surface area is 153 Å². The summed E-state index contributed by atoms with van der Waals surface area (Å²) in [5.74, 6) is 2.81. The Balaban J connectivity index is 1.43. The van der Waals surface area contributed by atoms with Gasteiger partial charge in [0.15, 0.2) is 0 Å². The van der Waals surface area contributed by atoms with E-state index in [1.165, 1.54) is 5.56 Å². The molecule has 0 unspecified atom stereocenters. The van der Waals surface area contributed by atoms with E-state index in [4.69, 9.17) is 0 Å². The van der Waals surface area contributed by atoms with E-state index in [9.17, 15) is 0 Å². The lowest BCUT2D eigenvalue weighted by atomic mass is 10.2. The SMILES string of the molecule is Cc1cccc(Nc2cc(N3CCN(c4ccccn4)CC3)ncn2)c1. The van der Waals surface area contributed by atoms with Crippen LogP contribution in [0.2, 0.25) is 0 Å². The average molecular weight is 346 g/mol. The van der Waals surface area contributed by atoms with Crippen molar-refractivity contribution < 1.29 is 0 Å². The van der Waals surface area contributed by atoms with Gasteiger partial charge in [0, 0.05) is 44.1 Å². The Morgan fingerprint density at radius 3 is 2.35 bits per heavy atom. The topological polar surface area (TPSA) is 57.2 Å². The molecule has 1 fully saturated rings. The normalized spacial score (nSPS) is 14.3. The van der Waals surface area contributed by atoms with Gasteiger partial charge in [0.25, 0.3) is 0 Å². The van der Waals surface area contributed by atoms with E-state index in [2.05, 4.69) is 55.2 Å². The molecule has 0 amide bonds. The van der Waals surface area contributed by atoms with Gasteiger partial charge in [0.2, 0.25) is 0 Å². The first-order valence-corrected chi connectivity index (χ1v) is 8.84. The van der Waals surface area contributed by atoms with Crippen LogP contribution in [-0.4, -0.2) is 41.1 Å². The molecule has 3 heterocycles. The molecule has 1 aliphatic rings. The van der Waals surface area contributed by atoms with Crippen molar-refractivity contribution in [1.29, 1.82) is 0 Å². The molecule has 0 bridgehead atoms. The molecular weight excluding hydrogens is 324 g/mol. The molecule has 4 rings (SSSR count). The van der Waals surface area contributed by atoms with Crippen LogP contribution in [0.15, 0.2) is 61.1 Å². The van der Waals surface area contributed by atoms with Gasteiger partial charge in [0.1, 0.15) is 23.8 Å². The zero-order valence-corrected chi connectivity index (χ0v) is 14.8. The fraction of sp³-hybridized carbons (Fsp3) is 0.250. The maximum atomic E-state index is 4.46. The van der Waals surface area contributed by atoms with E-state index in [0.717, 1.165) is 49.3 Å². The summed E-state index contributed by atoms with van der Waals surface area (Å²) >= 11 is 0. The summed E-state index contributed by atoms with van der Waals surface area (Å²) in [6, 6.07) is 16.3. The Kier molecular flexibility index (Phi) is 4.64. The highest BCUT2D eigenvalue weighted by molar-refractivity contribution is 5.60. The van der Waals surface area contributed by atoms with Crippen LogP contribution in [0, 0.1) is 6.92 Å². The van der Waals surface area contributed by atoms with Crippen molar-refractivity contribution in [2.24, 2.45) is 0 Å². The summed E-state index contributed by atoms with van der Waals surface area (Å²) in [7, 11) is 0. The van der Waals surface area contributed by atoms with Gasteiger partial charge in [-0.05, 0) is 36.8 Å². The first kappa shape index (κ1) is 16.3. The molecule has 0 aliphatic carbocycles.